The SMILES string of the molecule is O=C(O)C1=CC(=O)C2C=CC(O)=CC2O1. The van der Waals surface area contributed by atoms with E-state index in [1.54, 1.807) is 0 Å². The molecule has 5 nitrogen and oxygen atoms in total. The van der Waals surface area contributed by atoms with Gasteiger partial charge in [-0.05, 0) is 12.2 Å². The molecule has 0 aromatic carbocycles. The first-order valence-corrected chi connectivity index (χ1v) is 4.32. The van der Waals surface area contributed by atoms with Crippen molar-refractivity contribution in [2.45, 2.75) is 6.10 Å². The Morgan fingerprint density at radius 2 is 2.20 bits per heavy atom. The van der Waals surface area contributed by atoms with Crippen LogP contribution in [0, 0.1) is 5.92 Å². The Balaban J connectivity index is 2.33. The van der Waals surface area contributed by atoms with Gasteiger partial charge < -0.3 is 14.9 Å². The van der Waals surface area contributed by atoms with Crippen LogP contribution in [0.5, 0.6) is 0 Å². The van der Waals surface area contributed by atoms with Crippen LogP contribution in [0.3, 0.4) is 0 Å². The predicted molar refractivity (Wildman–Crippen MR) is 48.9 cm³/mol. The maximum atomic E-state index is 11.5. The Morgan fingerprint density at radius 1 is 1.47 bits per heavy atom. The quantitative estimate of drug-likeness (QED) is 0.657. The molecular formula is C10H8O5. The van der Waals surface area contributed by atoms with Crippen LogP contribution in [-0.4, -0.2) is 28.1 Å². The second-order valence-electron chi connectivity index (χ2n) is 3.28. The molecule has 0 fully saturated rings. The average Bonchev–Trinajstić information content (AvgIpc) is 2.16. The summed E-state index contributed by atoms with van der Waals surface area (Å²) in [6, 6.07) is 0. The number of carboxylic acids is 1. The van der Waals surface area contributed by atoms with Crippen LogP contribution >= 0.6 is 0 Å². The molecule has 2 atom stereocenters. The molecule has 0 aromatic heterocycles. The fourth-order valence-electron chi connectivity index (χ4n) is 1.52. The van der Waals surface area contributed by atoms with Gasteiger partial charge in [-0.25, -0.2) is 4.79 Å². The molecular weight excluding hydrogens is 200 g/mol. The van der Waals surface area contributed by atoms with Gasteiger partial charge in [0.25, 0.3) is 0 Å². The maximum Gasteiger partial charge on any atom is 0.371 e. The van der Waals surface area contributed by atoms with Gasteiger partial charge in [0.05, 0.1) is 5.92 Å². The van der Waals surface area contributed by atoms with E-state index in [4.69, 9.17) is 9.84 Å². The molecule has 78 valence electrons. The predicted octanol–water partition coefficient (Wildman–Crippen LogP) is 0.551. The molecule has 2 rings (SSSR count). The van der Waals surface area contributed by atoms with Crippen molar-refractivity contribution in [3.8, 4) is 0 Å². The third-order valence-corrected chi connectivity index (χ3v) is 2.24. The van der Waals surface area contributed by atoms with E-state index in [2.05, 4.69) is 0 Å². The van der Waals surface area contributed by atoms with Crippen molar-refractivity contribution in [1.82, 2.24) is 0 Å². The van der Waals surface area contributed by atoms with E-state index in [-0.39, 0.29) is 17.3 Å². The largest absolute Gasteiger partial charge is 0.508 e. The molecule has 1 aliphatic carbocycles. The lowest BCUT2D eigenvalue weighted by atomic mass is 9.90. The summed E-state index contributed by atoms with van der Waals surface area (Å²) in [5, 5.41) is 17.8. The Hall–Kier alpha value is -2.04. The first kappa shape index (κ1) is 9.51. The number of carbonyl (C=O) groups is 2. The van der Waals surface area contributed by atoms with E-state index in [0.717, 1.165) is 6.08 Å². The third kappa shape index (κ3) is 1.63. The zero-order valence-electron chi connectivity index (χ0n) is 7.58. The highest BCUT2D eigenvalue weighted by Gasteiger charge is 2.34. The molecule has 2 unspecified atom stereocenters. The fraction of sp³-hybridized carbons (Fsp3) is 0.200. The van der Waals surface area contributed by atoms with E-state index in [9.17, 15) is 14.7 Å². The third-order valence-electron chi connectivity index (χ3n) is 2.24. The minimum absolute atomic E-state index is 0.0318. The van der Waals surface area contributed by atoms with Crippen molar-refractivity contribution < 1.29 is 24.5 Å². The molecule has 2 N–H and O–H groups in total. The molecule has 1 heterocycles. The summed E-state index contributed by atoms with van der Waals surface area (Å²) in [6.07, 6.45) is 4.45. The van der Waals surface area contributed by atoms with Crippen molar-refractivity contribution in [2.75, 3.05) is 0 Å². The van der Waals surface area contributed by atoms with Crippen LogP contribution in [0.4, 0.5) is 0 Å². The van der Waals surface area contributed by atoms with Crippen LogP contribution in [0.2, 0.25) is 0 Å². The lowest BCUT2D eigenvalue weighted by Crippen LogP contribution is -2.34. The molecule has 0 amide bonds. The Labute approximate surface area is 85.0 Å². The molecule has 0 saturated carbocycles. The number of aliphatic hydroxyl groups excluding tert-OH is 1. The Bertz CT molecular complexity index is 416. The number of aliphatic carboxylic acids is 1. The molecule has 1 aliphatic heterocycles. The highest BCUT2D eigenvalue weighted by molar-refractivity contribution is 6.01. The van der Waals surface area contributed by atoms with Crippen molar-refractivity contribution in [1.29, 1.82) is 0 Å². The van der Waals surface area contributed by atoms with Gasteiger partial charge in [-0.3, -0.25) is 4.79 Å². The first-order valence-electron chi connectivity index (χ1n) is 4.32. The average molecular weight is 208 g/mol. The zero-order chi connectivity index (χ0) is 11.0. The summed E-state index contributed by atoms with van der Waals surface area (Å²) < 4.78 is 5.05. The number of aliphatic hydroxyl groups is 1. The van der Waals surface area contributed by atoms with Crippen molar-refractivity contribution in [2.24, 2.45) is 5.92 Å². The molecule has 0 radical (unpaired) electrons. The summed E-state index contributed by atoms with van der Waals surface area (Å²) in [4.78, 5) is 22.1. The summed E-state index contributed by atoms with van der Waals surface area (Å²) >= 11 is 0. The molecule has 15 heavy (non-hydrogen) atoms. The number of hydrogen-bond acceptors (Lipinski definition) is 4. The Kier molecular flexibility index (Phi) is 2.07. The molecule has 0 saturated heterocycles. The van der Waals surface area contributed by atoms with Crippen LogP contribution in [0.1, 0.15) is 0 Å². The highest BCUT2D eigenvalue weighted by Crippen LogP contribution is 2.26. The van der Waals surface area contributed by atoms with Gasteiger partial charge in [-0.1, -0.05) is 6.08 Å². The van der Waals surface area contributed by atoms with Gasteiger partial charge in [0, 0.05) is 6.08 Å². The number of fused-ring (bicyclic) bond motifs is 1. The van der Waals surface area contributed by atoms with Gasteiger partial charge >= 0.3 is 5.97 Å². The van der Waals surface area contributed by atoms with Crippen molar-refractivity contribution >= 4 is 11.8 Å². The van der Waals surface area contributed by atoms with Gasteiger partial charge in [0.15, 0.2) is 5.78 Å². The number of hydrogen-bond donors (Lipinski definition) is 2. The normalized spacial score (nSPS) is 28.7. The topological polar surface area (TPSA) is 83.8 Å². The lowest BCUT2D eigenvalue weighted by molar-refractivity contribution is -0.140. The summed E-state index contributed by atoms with van der Waals surface area (Å²) in [5.41, 5.74) is 0. The summed E-state index contributed by atoms with van der Waals surface area (Å²) in [5.74, 6) is -2.58. The second kappa shape index (κ2) is 3.27. The van der Waals surface area contributed by atoms with Crippen molar-refractivity contribution in [3.05, 3.63) is 35.8 Å². The lowest BCUT2D eigenvalue weighted by Gasteiger charge is -2.27. The van der Waals surface area contributed by atoms with E-state index >= 15 is 0 Å². The molecule has 0 aromatic rings. The molecule has 5 heteroatoms. The van der Waals surface area contributed by atoms with Crippen LogP contribution in [0.25, 0.3) is 0 Å². The minimum atomic E-state index is -1.29. The minimum Gasteiger partial charge on any atom is -0.508 e. The van der Waals surface area contributed by atoms with Crippen LogP contribution < -0.4 is 0 Å². The number of allylic oxidation sites excluding steroid dienone is 2. The molecule has 0 spiro atoms. The number of carboxylic acid groups (broad SMARTS) is 1. The molecule has 0 bridgehead atoms. The summed E-state index contributed by atoms with van der Waals surface area (Å²) in [7, 11) is 0. The van der Waals surface area contributed by atoms with Gasteiger partial charge in [-0.15, -0.1) is 0 Å². The number of ketones is 1. The van der Waals surface area contributed by atoms with E-state index in [1.165, 1.54) is 18.2 Å². The van der Waals surface area contributed by atoms with Crippen molar-refractivity contribution in [3.63, 3.8) is 0 Å². The van der Waals surface area contributed by atoms with Gasteiger partial charge in [-0.2, -0.15) is 0 Å². The summed E-state index contributed by atoms with van der Waals surface area (Å²) in [6.45, 7) is 0. The van der Waals surface area contributed by atoms with Gasteiger partial charge in [0.1, 0.15) is 11.9 Å². The fourth-order valence-corrected chi connectivity index (χ4v) is 1.52. The van der Waals surface area contributed by atoms with Crippen LogP contribution in [0.15, 0.2) is 35.8 Å². The standard InChI is InChI=1S/C10H8O5/c11-5-1-2-6-7(12)4-9(10(13)14)15-8(6)3-5/h1-4,6,8,11H,(H,13,14). The Morgan fingerprint density at radius 3 is 2.87 bits per heavy atom. The smallest absolute Gasteiger partial charge is 0.371 e. The number of carbonyl (C=O) groups excluding carboxylic acids is 1. The van der Waals surface area contributed by atoms with Crippen LogP contribution in [-0.2, 0) is 14.3 Å². The monoisotopic (exact) mass is 208 g/mol. The highest BCUT2D eigenvalue weighted by atomic mass is 16.5. The molecule has 2 aliphatic rings. The number of ether oxygens (including phenoxy) is 1. The van der Waals surface area contributed by atoms with E-state index < -0.39 is 18.0 Å². The maximum absolute atomic E-state index is 11.5. The first-order chi connectivity index (χ1) is 7.08. The van der Waals surface area contributed by atoms with E-state index in [1.807, 2.05) is 0 Å². The number of rotatable bonds is 1. The second-order valence-corrected chi connectivity index (χ2v) is 3.28. The van der Waals surface area contributed by atoms with E-state index in [0.29, 0.717) is 0 Å². The van der Waals surface area contributed by atoms with Gasteiger partial charge in [0.2, 0.25) is 5.76 Å². The zero-order valence-corrected chi connectivity index (χ0v) is 7.58.